The Bertz CT molecular complexity index is 1380. The van der Waals surface area contributed by atoms with E-state index in [0.29, 0.717) is 0 Å². The van der Waals surface area contributed by atoms with Crippen molar-refractivity contribution in [1.82, 2.24) is 5.32 Å². The van der Waals surface area contributed by atoms with Gasteiger partial charge < -0.3 is 15.2 Å². The van der Waals surface area contributed by atoms with E-state index in [9.17, 15) is 14.7 Å². The van der Waals surface area contributed by atoms with E-state index in [0.717, 1.165) is 44.5 Å². The van der Waals surface area contributed by atoms with Crippen LogP contribution in [0.2, 0.25) is 0 Å². The Balaban J connectivity index is 1.26. The van der Waals surface area contributed by atoms with Gasteiger partial charge in [-0.3, -0.25) is 0 Å². The van der Waals surface area contributed by atoms with Crippen LogP contribution in [0.5, 0.6) is 0 Å². The second kappa shape index (κ2) is 10.1. The summed E-state index contributed by atoms with van der Waals surface area (Å²) in [5, 5.41) is 12.3. The van der Waals surface area contributed by atoms with Gasteiger partial charge in [0, 0.05) is 12.3 Å². The van der Waals surface area contributed by atoms with Crippen LogP contribution in [-0.2, 0) is 16.0 Å². The molecule has 1 aliphatic carbocycles. The van der Waals surface area contributed by atoms with Crippen molar-refractivity contribution in [1.29, 1.82) is 0 Å². The lowest BCUT2D eigenvalue weighted by molar-refractivity contribution is -0.139. The van der Waals surface area contributed by atoms with E-state index >= 15 is 0 Å². The van der Waals surface area contributed by atoms with Gasteiger partial charge >= 0.3 is 12.1 Å². The average Bonchev–Trinajstić information content (AvgIpc) is 3.21. The molecule has 2 N–H and O–H groups in total. The molecule has 0 aromatic heterocycles. The Morgan fingerprint density at radius 1 is 0.833 bits per heavy atom. The van der Waals surface area contributed by atoms with E-state index in [4.69, 9.17) is 4.74 Å². The molecule has 1 amide bonds. The minimum absolute atomic E-state index is 0.0857. The number of carboxylic acids is 1. The lowest BCUT2D eigenvalue weighted by atomic mass is 9.98. The molecule has 5 heteroatoms. The number of hydrogen-bond acceptors (Lipinski definition) is 3. The fourth-order valence-electron chi connectivity index (χ4n) is 4.92. The fourth-order valence-corrected chi connectivity index (χ4v) is 4.92. The highest BCUT2D eigenvalue weighted by molar-refractivity contribution is 5.81. The lowest BCUT2D eigenvalue weighted by Crippen LogP contribution is -2.42. The molecule has 1 aliphatic rings. The molecule has 0 heterocycles. The molecular weight excluding hydrogens is 450 g/mol. The van der Waals surface area contributed by atoms with Gasteiger partial charge in [0.1, 0.15) is 12.6 Å². The Hall–Kier alpha value is -4.38. The van der Waals surface area contributed by atoms with E-state index in [1.54, 1.807) is 0 Å². The van der Waals surface area contributed by atoms with Crippen molar-refractivity contribution in [3.8, 4) is 22.3 Å². The van der Waals surface area contributed by atoms with Crippen LogP contribution in [-0.4, -0.2) is 29.8 Å². The number of fused-ring (bicyclic) bond motifs is 3. The number of carbonyl (C=O) groups is 2. The molecule has 0 unspecified atom stereocenters. The van der Waals surface area contributed by atoms with Gasteiger partial charge in [-0.1, -0.05) is 103 Å². The number of aryl methyl sites for hydroxylation is 1. The first-order valence-corrected chi connectivity index (χ1v) is 12.0. The smallest absolute Gasteiger partial charge is 0.407 e. The Labute approximate surface area is 210 Å². The molecule has 0 radical (unpaired) electrons. The SMILES string of the molecule is Cc1cccc(-c2cccc(C[C@H](NC(=O)OCC3c4ccccc4-c4ccccc43)C(=O)O)c2)c1. The minimum Gasteiger partial charge on any atom is -0.480 e. The first-order valence-electron chi connectivity index (χ1n) is 12.0. The highest BCUT2D eigenvalue weighted by Gasteiger charge is 2.29. The van der Waals surface area contributed by atoms with E-state index in [2.05, 4.69) is 23.5 Å². The Kier molecular flexibility index (Phi) is 6.54. The van der Waals surface area contributed by atoms with E-state index < -0.39 is 18.1 Å². The first-order chi connectivity index (χ1) is 17.5. The molecule has 0 bridgehead atoms. The van der Waals surface area contributed by atoms with Crippen LogP contribution in [0.15, 0.2) is 97.1 Å². The Morgan fingerprint density at radius 3 is 2.08 bits per heavy atom. The van der Waals surface area contributed by atoms with E-state index in [1.807, 2.05) is 85.8 Å². The molecule has 5 rings (SSSR count). The molecule has 0 saturated heterocycles. The molecule has 0 aliphatic heterocycles. The van der Waals surface area contributed by atoms with E-state index in [-0.39, 0.29) is 18.9 Å². The number of rotatable bonds is 7. The van der Waals surface area contributed by atoms with Crippen molar-refractivity contribution in [3.63, 3.8) is 0 Å². The van der Waals surface area contributed by atoms with Crippen LogP contribution in [0, 0.1) is 6.92 Å². The quantitative estimate of drug-likeness (QED) is 0.332. The average molecular weight is 478 g/mol. The molecule has 180 valence electrons. The summed E-state index contributed by atoms with van der Waals surface area (Å²) in [6.45, 7) is 2.17. The lowest BCUT2D eigenvalue weighted by Gasteiger charge is -2.18. The van der Waals surface area contributed by atoms with Crippen molar-refractivity contribution in [3.05, 3.63) is 119 Å². The number of hydrogen-bond donors (Lipinski definition) is 2. The summed E-state index contributed by atoms with van der Waals surface area (Å²) >= 11 is 0. The summed E-state index contributed by atoms with van der Waals surface area (Å²) in [6, 6.07) is 30.9. The largest absolute Gasteiger partial charge is 0.480 e. The number of aliphatic carboxylic acids is 1. The van der Waals surface area contributed by atoms with Gasteiger partial charge in [-0.25, -0.2) is 9.59 Å². The van der Waals surface area contributed by atoms with Crippen LogP contribution >= 0.6 is 0 Å². The van der Waals surface area contributed by atoms with Crippen LogP contribution in [0.4, 0.5) is 4.79 Å². The molecule has 0 spiro atoms. The molecule has 36 heavy (non-hydrogen) atoms. The van der Waals surface area contributed by atoms with Crippen molar-refractivity contribution in [2.24, 2.45) is 0 Å². The molecule has 0 fully saturated rings. The number of benzene rings is 4. The highest BCUT2D eigenvalue weighted by atomic mass is 16.5. The predicted molar refractivity (Wildman–Crippen MR) is 140 cm³/mol. The summed E-state index contributed by atoms with van der Waals surface area (Å²) in [5.41, 5.74) is 8.52. The summed E-state index contributed by atoms with van der Waals surface area (Å²) in [5.74, 6) is -1.19. The van der Waals surface area contributed by atoms with E-state index in [1.165, 1.54) is 0 Å². The maximum Gasteiger partial charge on any atom is 0.407 e. The van der Waals surface area contributed by atoms with Crippen LogP contribution in [0.3, 0.4) is 0 Å². The van der Waals surface area contributed by atoms with Gasteiger partial charge in [0.15, 0.2) is 0 Å². The number of alkyl carbamates (subject to hydrolysis) is 1. The zero-order valence-corrected chi connectivity index (χ0v) is 20.0. The van der Waals surface area contributed by atoms with Gasteiger partial charge in [-0.15, -0.1) is 0 Å². The molecule has 4 aromatic carbocycles. The number of amides is 1. The predicted octanol–water partition coefficient (Wildman–Crippen LogP) is 6.20. The van der Waals surface area contributed by atoms with Gasteiger partial charge in [-0.2, -0.15) is 0 Å². The molecule has 5 nitrogen and oxygen atoms in total. The first kappa shape index (κ1) is 23.4. The van der Waals surface area contributed by atoms with Crippen molar-refractivity contribution < 1.29 is 19.4 Å². The summed E-state index contributed by atoms with van der Waals surface area (Å²) in [6.07, 6.45) is -0.585. The second-order valence-electron chi connectivity index (χ2n) is 9.13. The van der Waals surface area contributed by atoms with Crippen LogP contribution in [0.25, 0.3) is 22.3 Å². The zero-order valence-electron chi connectivity index (χ0n) is 20.0. The number of nitrogens with one attached hydrogen (secondary N) is 1. The van der Waals surface area contributed by atoms with Gasteiger partial charge in [-0.05, 0) is 45.9 Å². The third-order valence-electron chi connectivity index (χ3n) is 6.65. The van der Waals surface area contributed by atoms with Crippen molar-refractivity contribution in [2.45, 2.75) is 25.3 Å². The maximum absolute atomic E-state index is 12.7. The third kappa shape index (κ3) is 4.86. The third-order valence-corrected chi connectivity index (χ3v) is 6.65. The summed E-state index contributed by atoms with van der Waals surface area (Å²) < 4.78 is 5.55. The molecule has 0 saturated carbocycles. The number of carbonyl (C=O) groups excluding carboxylic acids is 1. The maximum atomic E-state index is 12.7. The van der Waals surface area contributed by atoms with Crippen LogP contribution < -0.4 is 5.32 Å². The fraction of sp³-hybridized carbons (Fsp3) is 0.161. The monoisotopic (exact) mass is 477 g/mol. The normalized spacial score (nSPS) is 12.9. The van der Waals surface area contributed by atoms with Crippen molar-refractivity contribution >= 4 is 12.1 Å². The van der Waals surface area contributed by atoms with Crippen LogP contribution in [0.1, 0.15) is 28.2 Å². The molecular formula is C31H27NO4. The molecule has 1 atom stereocenters. The number of carboxylic acid groups (broad SMARTS) is 1. The summed E-state index contributed by atoms with van der Waals surface area (Å²) in [4.78, 5) is 24.6. The van der Waals surface area contributed by atoms with Crippen molar-refractivity contribution in [2.75, 3.05) is 6.61 Å². The second-order valence-corrected chi connectivity index (χ2v) is 9.13. The topological polar surface area (TPSA) is 75.6 Å². The van der Waals surface area contributed by atoms with Gasteiger partial charge in [0.2, 0.25) is 0 Å². The Morgan fingerprint density at radius 2 is 1.44 bits per heavy atom. The zero-order chi connectivity index (χ0) is 25.1. The molecule has 4 aromatic rings. The standard InChI is InChI=1S/C31H27NO4/c1-20-8-6-10-22(16-20)23-11-7-9-21(17-23)18-29(30(33)34)32-31(35)36-19-28-26-14-4-2-12-24(26)25-13-3-5-15-27(25)28/h2-17,28-29H,18-19H2,1H3,(H,32,35)(H,33,34)/t29-/m0/s1. The number of ether oxygens (including phenoxy) is 1. The van der Waals surface area contributed by atoms with Gasteiger partial charge in [0.25, 0.3) is 0 Å². The minimum atomic E-state index is -1.11. The van der Waals surface area contributed by atoms with Gasteiger partial charge in [0.05, 0.1) is 0 Å². The highest BCUT2D eigenvalue weighted by Crippen LogP contribution is 2.44. The summed E-state index contributed by atoms with van der Waals surface area (Å²) in [7, 11) is 0.